The molecule has 0 N–H and O–H groups in total. The van der Waals surface area contributed by atoms with Crippen LogP contribution in [-0.2, 0) is 0 Å². The van der Waals surface area contributed by atoms with Crippen LogP contribution in [0.4, 0.5) is 0 Å². The Hall–Kier alpha value is 0.314. The Kier molecular flexibility index (Phi) is 3.61. The van der Waals surface area contributed by atoms with Crippen LogP contribution in [0.5, 0.6) is 0 Å². The van der Waals surface area contributed by atoms with E-state index in [1.807, 2.05) is 0 Å². The summed E-state index contributed by atoms with van der Waals surface area (Å²) < 4.78 is 8.09. The van der Waals surface area contributed by atoms with Gasteiger partial charge in [-0.25, -0.2) is 0 Å². The summed E-state index contributed by atoms with van der Waals surface area (Å²) in [6.45, 7) is 13.9. The predicted octanol–water partition coefficient (Wildman–Crippen LogP) is 2.09. The molecule has 2 saturated heterocycles. The fourth-order valence-corrected chi connectivity index (χ4v) is 7.87. The molecule has 0 atom stereocenters. The van der Waals surface area contributed by atoms with E-state index in [9.17, 15) is 0 Å². The zero-order valence-electron chi connectivity index (χ0n) is 13.4. The minimum Gasteiger partial charge on any atom is -0.326 e. The largest absolute Gasteiger partial charge is 0.326 e. The smallest absolute Gasteiger partial charge is 0.200 e. The molecule has 5 heteroatoms. The van der Waals surface area contributed by atoms with Crippen LogP contribution < -0.4 is 0 Å². The Bertz CT molecular complexity index is 311. The first kappa shape index (κ1) is 14.7. The normalized spacial score (nSPS) is 32.8. The maximum atomic E-state index is 2.72. The summed E-state index contributed by atoms with van der Waals surface area (Å²) in [4.78, 5) is 0. The minimum atomic E-state index is -1.31. The summed E-state index contributed by atoms with van der Waals surface area (Å²) in [5, 5.41) is 0. The lowest BCUT2D eigenvalue weighted by Crippen LogP contribution is -2.72. The molecule has 0 saturated carbocycles. The zero-order chi connectivity index (χ0) is 13.8. The van der Waals surface area contributed by atoms with Gasteiger partial charge < -0.3 is 13.7 Å². The Balaban J connectivity index is 2.16. The van der Waals surface area contributed by atoms with Crippen molar-refractivity contribution in [3.05, 3.63) is 0 Å². The third kappa shape index (κ3) is 2.35. The van der Waals surface area contributed by atoms with Crippen molar-refractivity contribution in [2.24, 2.45) is 5.41 Å². The van der Waals surface area contributed by atoms with Crippen molar-refractivity contribution >= 4 is 16.6 Å². The maximum absolute atomic E-state index is 2.72. The van der Waals surface area contributed by atoms with Crippen LogP contribution in [0.25, 0.3) is 0 Å². The predicted molar refractivity (Wildman–Crippen MR) is 84.7 cm³/mol. The van der Waals surface area contributed by atoms with Gasteiger partial charge in [0.2, 0.25) is 0 Å². The van der Waals surface area contributed by atoms with E-state index in [-0.39, 0.29) is 0 Å². The molecule has 0 amide bonds. The van der Waals surface area contributed by atoms with Crippen molar-refractivity contribution in [1.82, 2.24) is 13.7 Å². The SMILES string of the molecule is CN1CC2(CC[Si]1(C)C)CN(C)[Si](C)(C)N(C)C2. The molecule has 0 radical (unpaired) electrons. The minimum absolute atomic E-state index is 0.531. The topological polar surface area (TPSA) is 9.72 Å². The van der Waals surface area contributed by atoms with Crippen molar-refractivity contribution in [1.29, 1.82) is 0 Å². The van der Waals surface area contributed by atoms with Gasteiger partial charge in [-0.15, -0.1) is 0 Å². The summed E-state index contributed by atoms with van der Waals surface area (Å²) in [6, 6.07) is 1.47. The van der Waals surface area contributed by atoms with E-state index in [0.717, 1.165) is 0 Å². The molecule has 2 fully saturated rings. The molecule has 2 rings (SSSR count). The average Bonchev–Trinajstić information content (AvgIpc) is 2.23. The Morgan fingerprint density at radius 3 is 1.67 bits per heavy atom. The second kappa shape index (κ2) is 4.41. The van der Waals surface area contributed by atoms with E-state index in [1.54, 1.807) is 0 Å². The molecule has 0 aromatic rings. The lowest BCUT2D eigenvalue weighted by molar-refractivity contribution is 0.0942. The van der Waals surface area contributed by atoms with Crippen LogP contribution in [0.3, 0.4) is 0 Å². The van der Waals surface area contributed by atoms with Gasteiger partial charge in [-0.3, -0.25) is 0 Å². The highest BCUT2D eigenvalue weighted by Crippen LogP contribution is 2.41. The Morgan fingerprint density at radius 2 is 1.22 bits per heavy atom. The van der Waals surface area contributed by atoms with Crippen molar-refractivity contribution in [3.8, 4) is 0 Å². The summed E-state index contributed by atoms with van der Waals surface area (Å²) in [5.74, 6) is 0. The van der Waals surface area contributed by atoms with Crippen LogP contribution >= 0.6 is 0 Å². The van der Waals surface area contributed by atoms with E-state index in [0.29, 0.717) is 5.41 Å². The third-order valence-corrected chi connectivity index (χ3v) is 13.6. The zero-order valence-corrected chi connectivity index (χ0v) is 15.4. The number of hydrogen-bond acceptors (Lipinski definition) is 3. The molecule has 0 unspecified atom stereocenters. The number of rotatable bonds is 0. The lowest BCUT2D eigenvalue weighted by Gasteiger charge is -2.58. The van der Waals surface area contributed by atoms with Gasteiger partial charge in [0.25, 0.3) is 0 Å². The summed E-state index contributed by atoms with van der Waals surface area (Å²) >= 11 is 0. The molecule has 106 valence electrons. The quantitative estimate of drug-likeness (QED) is 0.631. The first-order chi connectivity index (χ1) is 8.09. The van der Waals surface area contributed by atoms with Crippen molar-refractivity contribution in [2.75, 3.05) is 40.8 Å². The van der Waals surface area contributed by atoms with E-state index >= 15 is 0 Å². The first-order valence-corrected chi connectivity index (χ1v) is 13.3. The fraction of sp³-hybridized carbons (Fsp3) is 1.00. The molecule has 2 heterocycles. The molecule has 2 aliphatic heterocycles. The highest BCUT2D eigenvalue weighted by molar-refractivity contribution is 6.74. The molecular weight excluding hydrogens is 254 g/mol. The standard InChI is InChI=1S/C13H31N3Si2/c1-14-10-13(8-9-17(14,4)5)11-15(2)18(6,7)16(3)12-13/h8-12H2,1-7H3. The van der Waals surface area contributed by atoms with Crippen molar-refractivity contribution in [3.63, 3.8) is 0 Å². The maximum Gasteiger partial charge on any atom is 0.200 e. The van der Waals surface area contributed by atoms with Gasteiger partial charge in [0, 0.05) is 18.5 Å². The lowest BCUT2D eigenvalue weighted by atomic mass is 9.84. The first-order valence-electron chi connectivity index (χ1n) is 7.23. The van der Waals surface area contributed by atoms with Gasteiger partial charge in [0.1, 0.15) is 8.24 Å². The molecule has 18 heavy (non-hydrogen) atoms. The molecule has 0 bridgehead atoms. The van der Waals surface area contributed by atoms with Crippen molar-refractivity contribution in [2.45, 2.75) is 38.7 Å². The summed E-state index contributed by atoms with van der Waals surface area (Å²) in [7, 11) is 4.68. The van der Waals surface area contributed by atoms with Gasteiger partial charge in [0.05, 0.1) is 0 Å². The van der Waals surface area contributed by atoms with Gasteiger partial charge >= 0.3 is 0 Å². The molecule has 3 nitrogen and oxygen atoms in total. The molecule has 1 spiro atoms. The van der Waals surface area contributed by atoms with E-state index in [2.05, 4.69) is 61.0 Å². The van der Waals surface area contributed by atoms with E-state index in [4.69, 9.17) is 0 Å². The monoisotopic (exact) mass is 285 g/mol. The van der Waals surface area contributed by atoms with Crippen LogP contribution in [-0.4, -0.2) is 71.1 Å². The molecule has 0 aliphatic carbocycles. The summed E-state index contributed by atoms with van der Waals surface area (Å²) in [6.07, 6.45) is 1.44. The van der Waals surface area contributed by atoms with Crippen molar-refractivity contribution < 1.29 is 0 Å². The molecule has 0 aromatic heterocycles. The highest BCUT2D eigenvalue weighted by atomic mass is 28.3. The van der Waals surface area contributed by atoms with Crippen LogP contribution in [0.2, 0.25) is 32.2 Å². The Morgan fingerprint density at radius 1 is 0.778 bits per heavy atom. The number of nitrogens with zero attached hydrogens (tertiary/aromatic N) is 3. The molecule has 2 aliphatic rings. The Labute approximate surface area is 115 Å². The highest BCUT2D eigenvalue weighted by Gasteiger charge is 2.50. The second-order valence-corrected chi connectivity index (χ2v) is 17.3. The number of hydrogen-bond donors (Lipinski definition) is 0. The molecular formula is C13H31N3Si2. The van der Waals surface area contributed by atoms with E-state index in [1.165, 1.54) is 32.1 Å². The average molecular weight is 286 g/mol. The van der Waals surface area contributed by atoms with Gasteiger partial charge in [-0.1, -0.05) is 13.1 Å². The van der Waals surface area contributed by atoms with Crippen LogP contribution in [0.1, 0.15) is 6.42 Å². The molecule has 0 aromatic carbocycles. The van der Waals surface area contributed by atoms with Gasteiger partial charge in [0.15, 0.2) is 8.40 Å². The fourth-order valence-electron chi connectivity index (χ4n) is 3.55. The van der Waals surface area contributed by atoms with E-state index < -0.39 is 16.6 Å². The second-order valence-electron chi connectivity index (χ2n) is 7.88. The summed E-state index contributed by atoms with van der Waals surface area (Å²) in [5.41, 5.74) is 0.531. The van der Waals surface area contributed by atoms with Crippen LogP contribution in [0.15, 0.2) is 0 Å². The van der Waals surface area contributed by atoms with Crippen LogP contribution in [0, 0.1) is 5.41 Å². The third-order valence-electron chi connectivity index (χ3n) is 5.89. The van der Waals surface area contributed by atoms with Gasteiger partial charge in [-0.2, -0.15) is 0 Å². The van der Waals surface area contributed by atoms with Gasteiger partial charge in [-0.05, 0) is 53.2 Å².